The lowest BCUT2D eigenvalue weighted by Crippen LogP contribution is -2.18. The van der Waals surface area contributed by atoms with E-state index >= 15 is 0 Å². The second-order valence-electron chi connectivity index (χ2n) is 9.30. The summed E-state index contributed by atoms with van der Waals surface area (Å²) >= 11 is 0. The van der Waals surface area contributed by atoms with E-state index in [4.69, 9.17) is 4.98 Å². The minimum Gasteiger partial charge on any atom is -0.335 e. The predicted molar refractivity (Wildman–Crippen MR) is 148 cm³/mol. The van der Waals surface area contributed by atoms with E-state index in [1.165, 1.54) is 31.5 Å². The number of H-pyrrole nitrogens is 2. The Morgan fingerprint density at radius 1 is 1.00 bits per heavy atom. The summed E-state index contributed by atoms with van der Waals surface area (Å²) in [7, 11) is 0. The number of pyridine rings is 2. The van der Waals surface area contributed by atoms with Crippen molar-refractivity contribution in [1.29, 1.82) is 0 Å². The lowest BCUT2D eigenvalue weighted by Gasteiger charge is -2.14. The number of aromatic nitrogens is 6. The minimum atomic E-state index is 0.676. The van der Waals surface area contributed by atoms with Crippen LogP contribution < -0.4 is 0 Å². The van der Waals surface area contributed by atoms with Crippen LogP contribution >= 0.6 is 0 Å². The van der Waals surface area contributed by atoms with Gasteiger partial charge in [-0.3, -0.25) is 25.0 Å². The SMILES string of the molecule is C=C/C=N\C=C/Cc1cncc2[nH]c(-c3n[nH]c4ccc(-c5cncc(CN6CCCC6)c5)cc34)nc12. The van der Waals surface area contributed by atoms with Gasteiger partial charge in [0.15, 0.2) is 5.82 Å². The maximum Gasteiger partial charge on any atom is 0.159 e. The van der Waals surface area contributed by atoms with Gasteiger partial charge in [-0.05, 0) is 61.7 Å². The zero-order chi connectivity index (χ0) is 25.0. The standard InChI is InChI=1S/C29H28N8/c1-2-9-30-10-5-6-22-16-32-18-26-27(22)34-29(33-26)28-24-14-21(7-8-25(24)35-36-28)23-13-20(15-31-17-23)19-37-11-3-4-12-37/h2,5,7-10,13-18H,1,3-4,6,11-12,19H2,(H,33,34)(H,35,36)/b10-5-,30-9-. The van der Waals surface area contributed by atoms with Crippen molar-refractivity contribution in [3.8, 4) is 22.6 Å². The zero-order valence-corrected chi connectivity index (χ0v) is 20.6. The highest BCUT2D eigenvalue weighted by Gasteiger charge is 2.16. The van der Waals surface area contributed by atoms with Crippen LogP contribution in [0.5, 0.6) is 0 Å². The van der Waals surface area contributed by atoms with E-state index in [-0.39, 0.29) is 0 Å². The molecule has 8 nitrogen and oxygen atoms in total. The molecule has 0 radical (unpaired) electrons. The highest BCUT2D eigenvalue weighted by Crippen LogP contribution is 2.31. The Bertz CT molecular complexity index is 1620. The number of hydrogen-bond acceptors (Lipinski definition) is 6. The van der Waals surface area contributed by atoms with Gasteiger partial charge in [-0.1, -0.05) is 24.8 Å². The Kier molecular flexibility index (Phi) is 6.39. The van der Waals surface area contributed by atoms with Crippen LogP contribution in [-0.2, 0) is 13.0 Å². The molecule has 1 aliphatic heterocycles. The summed E-state index contributed by atoms with van der Waals surface area (Å²) in [5, 5.41) is 8.77. The molecule has 1 saturated heterocycles. The second kappa shape index (κ2) is 10.3. The molecule has 2 N–H and O–H groups in total. The third-order valence-corrected chi connectivity index (χ3v) is 6.71. The molecule has 0 aliphatic carbocycles. The van der Waals surface area contributed by atoms with E-state index in [0.29, 0.717) is 12.2 Å². The number of fused-ring (bicyclic) bond motifs is 2. The fourth-order valence-corrected chi connectivity index (χ4v) is 4.91. The molecule has 5 aromatic rings. The second-order valence-corrected chi connectivity index (χ2v) is 9.30. The van der Waals surface area contributed by atoms with E-state index < -0.39 is 0 Å². The summed E-state index contributed by atoms with van der Waals surface area (Å²) in [5.41, 5.74) is 7.98. The number of benzene rings is 1. The van der Waals surface area contributed by atoms with Crippen molar-refractivity contribution >= 4 is 28.2 Å². The lowest BCUT2D eigenvalue weighted by atomic mass is 10.0. The molecule has 0 saturated carbocycles. The van der Waals surface area contributed by atoms with Crippen LogP contribution in [0.15, 0.2) is 79.0 Å². The number of rotatable bonds is 8. The van der Waals surface area contributed by atoms with Crippen LogP contribution in [0.2, 0.25) is 0 Å². The van der Waals surface area contributed by atoms with Crippen molar-refractivity contribution in [2.45, 2.75) is 25.8 Å². The predicted octanol–water partition coefficient (Wildman–Crippen LogP) is 5.47. The zero-order valence-electron chi connectivity index (χ0n) is 20.6. The molecule has 4 aromatic heterocycles. The molecule has 184 valence electrons. The Hall–Kier alpha value is -4.43. The Morgan fingerprint density at radius 2 is 1.89 bits per heavy atom. The summed E-state index contributed by atoms with van der Waals surface area (Å²) in [4.78, 5) is 23.9. The lowest BCUT2D eigenvalue weighted by molar-refractivity contribution is 0.331. The Balaban J connectivity index is 1.32. The Labute approximate surface area is 214 Å². The van der Waals surface area contributed by atoms with Crippen LogP contribution in [0.1, 0.15) is 24.0 Å². The first-order chi connectivity index (χ1) is 18.3. The maximum atomic E-state index is 4.91. The highest BCUT2D eigenvalue weighted by atomic mass is 15.1. The molecule has 0 amide bonds. The molecule has 0 unspecified atom stereocenters. The maximum absolute atomic E-state index is 4.91. The van der Waals surface area contributed by atoms with Gasteiger partial charge in [0.05, 0.1) is 22.7 Å². The number of likely N-dealkylation sites (tertiary alicyclic amines) is 1. The van der Waals surface area contributed by atoms with Crippen molar-refractivity contribution in [1.82, 2.24) is 35.0 Å². The molecule has 8 heteroatoms. The summed E-state index contributed by atoms with van der Waals surface area (Å²) < 4.78 is 0. The van der Waals surface area contributed by atoms with Crippen molar-refractivity contribution in [3.05, 3.63) is 85.1 Å². The molecule has 5 heterocycles. The van der Waals surface area contributed by atoms with E-state index in [9.17, 15) is 0 Å². The van der Waals surface area contributed by atoms with Crippen LogP contribution in [0.25, 0.3) is 44.6 Å². The number of aromatic amines is 2. The smallest absolute Gasteiger partial charge is 0.159 e. The molecule has 0 bridgehead atoms. The van der Waals surface area contributed by atoms with Crippen LogP contribution in [-0.4, -0.2) is 54.3 Å². The average molecular weight is 489 g/mol. The number of imidazole rings is 1. The molecule has 0 spiro atoms. The van der Waals surface area contributed by atoms with Crippen molar-refractivity contribution in [2.24, 2.45) is 4.99 Å². The molecule has 37 heavy (non-hydrogen) atoms. The molecule has 0 atom stereocenters. The van der Waals surface area contributed by atoms with Gasteiger partial charge in [0.25, 0.3) is 0 Å². The van der Waals surface area contributed by atoms with E-state index in [1.54, 1.807) is 24.7 Å². The third kappa shape index (κ3) is 4.83. The largest absolute Gasteiger partial charge is 0.335 e. The fourth-order valence-electron chi connectivity index (χ4n) is 4.91. The van der Waals surface area contributed by atoms with Gasteiger partial charge >= 0.3 is 0 Å². The molecule has 1 aliphatic rings. The first-order valence-corrected chi connectivity index (χ1v) is 12.6. The van der Waals surface area contributed by atoms with Gasteiger partial charge in [0.1, 0.15) is 5.69 Å². The first-order valence-electron chi connectivity index (χ1n) is 12.6. The normalized spacial score (nSPS) is 14.6. The van der Waals surface area contributed by atoms with E-state index in [2.05, 4.69) is 65.9 Å². The molecule has 1 fully saturated rings. The molecular weight excluding hydrogens is 460 g/mol. The molecule has 1 aromatic carbocycles. The van der Waals surface area contributed by atoms with Gasteiger partial charge in [-0.25, -0.2) is 4.98 Å². The van der Waals surface area contributed by atoms with E-state index in [1.807, 2.05) is 24.7 Å². The fraction of sp³-hybridized carbons (Fsp3) is 0.207. The van der Waals surface area contributed by atoms with Gasteiger partial charge < -0.3 is 4.98 Å². The highest BCUT2D eigenvalue weighted by molar-refractivity contribution is 5.95. The first kappa shape index (κ1) is 23.0. The average Bonchev–Trinajstić information content (AvgIpc) is 3.68. The van der Waals surface area contributed by atoms with Gasteiger partial charge in [0.2, 0.25) is 0 Å². The number of hydrogen-bond donors (Lipinski definition) is 2. The summed E-state index contributed by atoms with van der Waals surface area (Å²) in [6.45, 7) is 6.92. The van der Waals surface area contributed by atoms with E-state index in [0.717, 1.165) is 50.9 Å². The van der Waals surface area contributed by atoms with Crippen LogP contribution in [0.4, 0.5) is 0 Å². The summed E-state index contributed by atoms with van der Waals surface area (Å²) in [5.74, 6) is 0.710. The third-order valence-electron chi connectivity index (χ3n) is 6.71. The van der Waals surface area contributed by atoms with Crippen LogP contribution in [0.3, 0.4) is 0 Å². The summed E-state index contributed by atoms with van der Waals surface area (Å²) in [6.07, 6.45) is 17.8. The van der Waals surface area contributed by atoms with Gasteiger partial charge in [-0.2, -0.15) is 5.10 Å². The molecular formula is C29H28N8. The van der Waals surface area contributed by atoms with Gasteiger partial charge in [-0.15, -0.1) is 0 Å². The number of aliphatic imine (C=N–C) groups is 1. The van der Waals surface area contributed by atoms with Crippen molar-refractivity contribution < 1.29 is 0 Å². The number of nitrogens with one attached hydrogen (secondary N) is 2. The van der Waals surface area contributed by atoms with Gasteiger partial charge in [0, 0.05) is 54.1 Å². The monoisotopic (exact) mass is 488 g/mol. The summed E-state index contributed by atoms with van der Waals surface area (Å²) in [6, 6.07) is 8.59. The van der Waals surface area contributed by atoms with Crippen molar-refractivity contribution in [3.63, 3.8) is 0 Å². The number of allylic oxidation sites excluding steroid dienone is 2. The minimum absolute atomic E-state index is 0.676. The topological polar surface area (TPSA) is 98.7 Å². The quantitative estimate of drug-likeness (QED) is 0.282. The Morgan fingerprint density at radius 3 is 2.78 bits per heavy atom. The number of nitrogens with zero attached hydrogens (tertiary/aromatic N) is 6. The van der Waals surface area contributed by atoms with Crippen molar-refractivity contribution in [2.75, 3.05) is 13.1 Å². The molecule has 6 rings (SSSR count). The van der Waals surface area contributed by atoms with Crippen LogP contribution in [0, 0.1) is 0 Å².